The Balaban J connectivity index is 1.24. The normalized spacial score (nSPS) is 20.4. The van der Waals surface area contributed by atoms with Crippen LogP contribution in [0, 0.1) is 12.8 Å². The Morgan fingerprint density at radius 2 is 1.87 bits per heavy atom. The summed E-state index contributed by atoms with van der Waals surface area (Å²) in [6.45, 7) is 10.6. The zero-order valence-electron chi connectivity index (χ0n) is 17.9. The lowest BCUT2D eigenvalue weighted by atomic mass is 9.94. The van der Waals surface area contributed by atoms with Crippen molar-refractivity contribution in [3.05, 3.63) is 50.9 Å². The minimum Gasteiger partial charge on any atom is -0.340 e. The third-order valence-corrected chi connectivity index (χ3v) is 7.68. The highest BCUT2D eigenvalue weighted by Crippen LogP contribution is 2.28. The van der Waals surface area contributed by atoms with E-state index >= 15 is 0 Å². The van der Waals surface area contributed by atoms with Gasteiger partial charge in [0.25, 0.3) is 0 Å². The van der Waals surface area contributed by atoms with Gasteiger partial charge in [0.05, 0.1) is 10.7 Å². The van der Waals surface area contributed by atoms with E-state index in [1.165, 1.54) is 5.56 Å². The number of carbonyl (C=O) groups excluding carboxylic acids is 1. The summed E-state index contributed by atoms with van der Waals surface area (Å²) in [6.07, 6.45) is 1.91. The van der Waals surface area contributed by atoms with Gasteiger partial charge in [0, 0.05) is 55.1 Å². The lowest BCUT2D eigenvalue weighted by Crippen LogP contribution is -2.52. The number of hydrogen-bond donors (Lipinski definition) is 0. The fraction of sp³-hybridized carbons (Fsp3) is 0.565. The summed E-state index contributed by atoms with van der Waals surface area (Å²) in [5.74, 6) is 0.523. The smallest absolute Gasteiger partial charge is 0.225 e. The van der Waals surface area contributed by atoms with Crippen molar-refractivity contribution in [2.24, 2.45) is 5.92 Å². The summed E-state index contributed by atoms with van der Waals surface area (Å²) in [7, 11) is 0. The molecule has 0 saturated carbocycles. The highest BCUT2D eigenvalue weighted by Gasteiger charge is 2.31. The number of thiazole rings is 1. The molecule has 0 radical (unpaired) electrons. The van der Waals surface area contributed by atoms with Gasteiger partial charge in [0.1, 0.15) is 0 Å². The molecule has 0 N–H and O–H groups in total. The summed E-state index contributed by atoms with van der Waals surface area (Å²) < 4.78 is 0. The zero-order chi connectivity index (χ0) is 21.1. The Kier molecular flexibility index (Phi) is 7.08. The Hall–Kier alpha value is -1.47. The van der Waals surface area contributed by atoms with Crippen molar-refractivity contribution in [3.8, 4) is 0 Å². The zero-order valence-corrected chi connectivity index (χ0v) is 19.5. The Labute approximate surface area is 188 Å². The molecule has 5 nitrogen and oxygen atoms in total. The van der Waals surface area contributed by atoms with Gasteiger partial charge < -0.3 is 4.90 Å². The van der Waals surface area contributed by atoms with Gasteiger partial charge in [-0.15, -0.1) is 11.3 Å². The molecule has 0 bridgehead atoms. The maximum absolute atomic E-state index is 13.1. The maximum atomic E-state index is 13.1. The van der Waals surface area contributed by atoms with E-state index in [9.17, 15) is 4.79 Å². The van der Waals surface area contributed by atoms with Crippen molar-refractivity contribution in [3.63, 3.8) is 0 Å². The van der Waals surface area contributed by atoms with Crippen molar-refractivity contribution >= 4 is 28.8 Å². The molecule has 0 aliphatic carbocycles. The maximum Gasteiger partial charge on any atom is 0.225 e. The van der Waals surface area contributed by atoms with Crippen LogP contribution in [0.25, 0.3) is 0 Å². The van der Waals surface area contributed by atoms with Crippen LogP contribution in [0.5, 0.6) is 0 Å². The van der Waals surface area contributed by atoms with E-state index in [2.05, 4.69) is 38.1 Å². The van der Waals surface area contributed by atoms with Crippen LogP contribution in [-0.2, 0) is 11.3 Å². The molecule has 1 aromatic heterocycles. The van der Waals surface area contributed by atoms with Crippen molar-refractivity contribution in [1.82, 2.24) is 19.7 Å². The largest absolute Gasteiger partial charge is 0.340 e. The first kappa shape index (κ1) is 21.8. The fourth-order valence-corrected chi connectivity index (χ4v) is 5.54. The molecule has 1 aromatic carbocycles. The van der Waals surface area contributed by atoms with Crippen LogP contribution in [0.1, 0.15) is 42.1 Å². The van der Waals surface area contributed by atoms with Gasteiger partial charge in [-0.05, 0) is 51.4 Å². The number of aromatic nitrogens is 1. The second-order valence-corrected chi connectivity index (χ2v) is 9.94. The number of halogens is 1. The van der Waals surface area contributed by atoms with Crippen LogP contribution in [0.4, 0.5) is 0 Å². The average Bonchev–Trinajstić information content (AvgIpc) is 3.18. The van der Waals surface area contributed by atoms with Crippen LogP contribution in [0.3, 0.4) is 0 Å². The van der Waals surface area contributed by atoms with Crippen LogP contribution in [-0.4, -0.2) is 64.9 Å². The summed E-state index contributed by atoms with van der Waals surface area (Å²) in [5.41, 5.74) is 2.33. The van der Waals surface area contributed by atoms with Crippen molar-refractivity contribution in [2.45, 2.75) is 39.3 Å². The molecular formula is C23H31ClN4OS. The van der Waals surface area contributed by atoms with E-state index in [0.717, 1.165) is 74.4 Å². The minimum atomic E-state index is 0.172. The number of likely N-dealkylation sites (tertiary alicyclic amines) is 1. The molecule has 2 aliphatic heterocycles. The first-order valence-electron chi connectivity index (χ1n) is 10.9. The van der Waals surface area contributed by atoms with Gasteiger partial charge in [-0.25, -0.2) is 4.98 Å². The number of nitrogens with zero attached hydrogens (tertiary/aromatic N) is 4. The quantitative estimate of drug-likeness (QED) is 0.689. The number of amides is 1. The summed E-state index contributed by atoms with van der Waals surface area (Å²) in [5, 5.41) is 4.09. The van der Waals surface area contributed by atoms with Crippen molar-refractivity contribution in [2.75, 3.05) is 39.3 Å². The summed E-state index contributed by atoms with van der Waals surface area (Å²) >= 11 is 8.09. The standard InChI is InChI=1S/C23H31ClN4OS/c1-17(21-5-3-4-6-22(21)24)27-11-13-28(14-12-27)23(29)19-7-9-26(10-8-19)15-20-16-30-18(2)25-20/h3-6,16-17,19H,7-15H2,1-2H3. The third-order valence-electron chi connectivity index (χ3n) is 6.52. The Morgan fingerprint density at radius 3 is 2.50 bits per heavy atom. The Bertz CT molecular complexity index is 856. The number of carbonyl (C=O) groups is 1. The number of benzene rings is 1. The van der Waals surface area contributed by atoms with E-state index in [1.807, 2.05) is 25.1 Å². The minimum absolute atomic E-state index is 0.172. The molecule has 2 fully saturated rings. The molecule has 2 aromatic rings. The predicted molar refractivity (Wildman–Crippen MR) is 123 cm³/mol. The molecule has 1 amide bonds. The lowest BCUT2D eigenvalue weighted by Gasteiger charge is -2.40. The second kappa shape index (κ2) is 9.77. The molecule has 4 rings (SSSR count). The molecule has 2 aliphatic rings. The topological polar surface area (TPSA) is 39.7 Å². The van der Waals surface area contributed by atoms with Crippen LogP contribution in [0.2, 0.25) is 5.02 Å². The number of piperazine rings is 1. The van der Waals surface area contributed by atoms with E-state index in [-0.39, 0.29) is 12.0 Å². The molecule has 1 unspecified atom stereocenters. The van der Waals surface area contributed by atoms with Crippen LogP contribution >= 0.6 is 22.9 Å². The van der Waals surface area contributed by atoms with Gasteiger partial charge in [-0.2, -0.15) is 0 Å². The summed E-state index contributed by atoms with van der Waals surface area (Å²) in [6, 6.07) is 8.34. The fourth-order valence-electron chi connectivity index (χ4n) is 4.65. The first-order valence-corrected chi connectivity index (χ1v) is 12.2. The first-order chi connectivity index (χ1) is 14.5. The van der Waals surface area contributed by atoms with Crippen molar-refractivity contribution in [1.29, 1.82) is 0 Å². The van der Waals surface area contributed by atoms with Gasteiger partial charge >= 0.3 is 0 Å². The molecule has 0 spiro atoms. The highest BCUT2D eigenvalue weighted by atomic mass is 35.5. The van der Waals surface area contributed by atoms with Crippen molar-refractivity contribution < 1.29 is 4.79 Å². The Morgan fingerprint density at radius 1 is 1.17 bits per heavy atom. The molecular weight excluding hydrogens is 416 g/mol. The highest BCUT2D eigenvalue weighted by molar-refractivity contribution is 7.09. The molecule has 3 heterocycles. The molecule has 2 saturated heterocycles. The number of hydrogen-bond acceptors (Lipinski definition) is 5. The molecule has 162 valence electrons. The monoisotopic (exact) mass is 446 g/mol. The van der Waals surface area contributed by atoms with Gasteiger partial charge in [-0.1, -0.05) is 29.8 Å². The number of rotatable bonds is 5. The summed E-state index contributed by atoms with van der Waals surface area (Å²) in [4.78, 5) is 24.6. The second-order valence-electron chi connectivity index (χ2n) is 8.47. The average molecular weight is 447 g/mol. The van der Waals surface area contributed by atoms with E-state index < -0.39 is 0 Å². The van der Waals surface area contributed by atoms with Gasteiger partial charge in [0.2, 0.25) is 5.91 Å². The number of aryl methyl sites for hydroxylation is 1. The van der Waals surface area contributed by atoms with Gasteiger partial charge in [-0.3, -0.25) is 14.6 Å². The molecule has 1 atom stereocenters. The molecule has 7 heteroatoms. The predicted octanol–water partition coefficient (Wildman–Crippen LogP) is 4.22. The van der Waals surface area contributed by atoms with Crippen LogP contribution in [0.15, 0.2) is 29.6 Å². The molecule has 30 heavy (non-hydrogen) atoms. The third kappa shape index (κ3) is 5.05. The van der Waals surface area contributed by atoms with Gasteiger partial charge in [0.15, 0.2) is 0 Å². The van der Waals surface area contributed by atoms with E-state index in [4.69, 9.17) is 11.6 Å². The lowest BCUT2D eigenvalue weighted by molar-refractivity contribution is -0.139. The van der Waals surface area contributed by atoms with E-state index in [0.29, 0.717) is 5.91 Å². The SMILES string of the molecule is Cc1nc(CN2CCC(C(=O)N3CCN(C(C)c4ccccc4Cl)CC3)CC2)cs1. The van der Waals surface area contributed by atoms with Crippen LogP contribution < -0.4 is 0 Å². The van der Waals surface area contributed by atoms with E-state index in [1.54, 1.807) is 11.3 Å². The number of piperidine rings is 1.